The molecule has 3 aliphatic rings. The van der Waals surface area contributed by atoms with Crippen molar-refractivity contribution in [2.75, 3.05) is 71.1 Å². The molecule has 0 spiro atoms. The minimum Gasteiger partial charge on any atom is -0.508 e. The number of nitriles is 4. The van der Waals surface area contributed by atoms with Crippen LogP contribution in [0.25, 0.3) is 78.4 Å². The van der Waals surface area contributed by atoms with E-state index < -0.39 is 23.1 Å². The molecule has 7 aromatic carbocycles. The monoisotopic (exact) mass is 1740 g/mol. The second-order valence-corrected chi connectivity index (χ2v) is 31.3. The molecule has 0 aliphatic carbocycles. The Hall–Kier alpha value is -13.8. The molecular weight excluding hydrogens is 1660 g/mol. The number of alkyl halides is 3. The van der Waals surface area contributed by atoms with E-state index in [2.05, 4.69) is 38.1 Å². The number of hydrogen-bond donors (Lipinski definition) is 1. The zero-order chi connectivity index (χ0) is 88.2. The molecule has 15 rings (SSSR count). The highest BCUT2D eigenvalue weighted by Crippen LogP contribution is 2.41. The number of carbonyl (C=O) groups is 4. The number of hydrogen-bond acceptors (Lipinski definition) is 19. The number of nitrogens with zero attached hydrogens (tertiary/aromatic N) is 12. The number of Topliss-reactive ketones (excluding diaryl/α,β-unsaturated/α-hetero) is 1. The molecule has 5 aromatic heterocycles. The van der Waals surface area contributed by atoms with Crippen LogP contribution in [-0.4, -0.2) is 139 Å². The van der Waals surface area contributed by atoms with Gasteiger partial charge in [-0.3, -0.25) is 24.2 Å². The highest BCUT2D eigenvalue weighted by Gasteiger charge is 2.37. The average Bonchev–Trinajstić information content (AvgIpc) is 0.801. The average molecular weight is 1740 g/mol. The van der Waals surface area contributed by atoms with Gasteiger partial charge in [-0.1, -0.05) is 138 Å². The largest absolute Gasteiger partial charge is 0.508 e. The first-order valence-corrected chi connectivity index (χ1v) is 42.5. The quantitative estimate of drug-likeness (QED) is 0.0487. The normalized spacial score (nSPS) is 12.9. The molecule has 0 unspecified atom stereocenters. The van der Waals surface area contributed by atoms with Gasteiger partial charge < -0.3 is 34.0 Å². The van der Waals surface area contributed by atoms with Crippen molar-refractivity contribution in [2.45, 2.75) is 80.4 Å². The molecule has 8 heterocycles. The van der Waals surface area contributed by atoms with Crippen LogP contribution in [0.1, 0.15) is 91.2 Å². The van der Waals surface area contributed by atoms with Crippen molar-refractivity contribution in [1.82, 2.24) is 39.6 Å². The summed E-state index contributed by atoms with van der Waals surface area (Å²) < 4.78 is 84.2. The fraction of sp³-hybridized carbons (Fsp3) is 0.227. The van der Waals surface area contributed by atoms with Gasteiger partial charge in [0, 0.05) is 102 Å². The minimum atomic E-state index is -4.79. The topological polar surface area (TPSA) is 286 Å². The van der Waals surface area contributed by atoms with Gasteiger partial charge in [0.05, 0.1) is 58.1 Å². The zero-order valence-corrected chi connectivity index (χ0v) is 70.2. The predicted molar refractivity (Wildman–Crippen MR) is 469 cm³/mol. The van der Waals surface area contributed by atoms with E-state index in [4.69, 9.17) is 30.8 Å². The molecule has 0 bridgehead atoms. The lowest BCUT2D eigenvalue weighted by Gasteiger charge is -2.26. The Morgan fingerprint density at radius 2 is 0.832 bits per heavy atom. The maximum absolute atomic E-state index is 13.5. The molecule has 3 amide bonds. The number of ether oxygens (including phenoxy) is 3. The van der Waals surface area contributed by atoms with Crippen LogP contribution in [0, 0.1) is 57.0 Å². The third-order valence-electron chi connectivity index (χ3n) is 20.5. The SMILES string of the molecule is COc1ccc(-c2cc(-c3ccc(F)cc3)nc(SCC(=O)N3CCCCC3)c2C#N)cc1.N#Cc1c(-c2ccc(Cl)cc2)cc(-c2ccccc2)nc1OCC(=O)N1CCCCC1.N#Cc1c(-c2ccc(O)cc2)cc(-c2ccccc2)nc1OCC(=O)N1CCCCC1.N#Cc1c(C(F)(F)F)cc(-c2ccc(F)cc2)nc1SCC(=O)Cc1cccnc1. The van der Waals surface area contributed by atoms with Crippen LogP contribution in [0.3, 0.4) is 0 Å². The van der Waals surface area contributed by atoms with Crippen LogP contribution in [0.15, 0.2) is 241 Å². The van der Waals surface area contributed by atoms with Crippen molar-refractivity contribution in [2.24, 2.45) is 0 Å². The molecule has 3 fully saturated rings. The molecule has 3 saturated heterocycles. The molecule has 0 radical (unpaired) electrons. The lowest BCUT2D eigenvalue weighted by Crippen LogP contribution is -2.38. The van der Waals surface area contributed by atoms with E-state index in [0.717, 1.165) is 160 Å². The van der Waals surface area contributed by atoms with Crippen molar-refractivity contribution in [3.8, 4) is 126 Å². The van der Waals surface area contributed by atoms with Crippen LogP contribution in [0.5, 0.6) is 23.3 Å². The number of rotatable bonds is 22. The number of halogens is 6. The van der Waals surface area contributed by atoms with Gasteiger partial charge in [0.25, 0.3) is 11.8 Å². The van der Waals surface area contributed by atoms with Crippen LogP contribution in [0.4, 0.5) is 22.0 Å². The number of benzene rings is 7. The van der Waals surface area contributed by atoms with Gasteiger partial charge >= 0.3 is 6.18 Å². The summed E-state index contributed by atoms with van der Waals surface area (Å²) >= 11 is 8.09. The number of methoxy groups -OCH3 is 1. The first-order valence-electron chi connectivity index (χ1n) is 40.1. The van der Waals surface area contributed by atoms with Gasteiger partial charge in [-0.2, -0.15) is 34.2 Å². The predicted octanol–water partition coefficient (Wildman–Crippen LogP) is 20.3. The Kier molecular flexibility index (Phi) is 32.0. The van der Waals surface area contributed by atoms with Crippen molar-refractivity contribution >= 4 is 58.6 Å². The Morgan fingerprint density at radius 3 is 1.26 bits per heavy atom. The van der Waals surface area contributed by atoms with Gasteiger partial charge in [0.15, 0.2) is 13.2 Å². The molecule has 125 heavy (non-hydrogen) atoms. The molecule has 3 aliphatic heterocycles. The molecule has 0 atom stereocenters. The summed E-state index contributed by atoms with van der Waals surface area (Å²) in [4.78, 5) is 77.6. The third-order valence-corrected chi connectivity index (χ3v) is 22.7. The molecule has 20 nitrogen and oxygen atoms in total. The Balaban J connectivity index is 0.000000152. The number of pyridine rings is 5. The van der Waals surface area contributed by atoms with Crippen molar-refractivity contribution in [3.05, 3.63) is 281 Å². The highest BCUT2D eigenvalue weighted by molar-refractivity contribution is 8.00. The summed E-state index contributed by atoms with van der Waals surface area (Å²) in [7, 11) is 1.60. The fourth-order valence-corrected chi connectivity index (χ4v) is 15.9. The van der Waals surface area contributed by atoms with E-state index >= 15 is 0 Å². The van der Waals surface area contributed by atoms with Gasteiger partial charge in [0.1, 0.15) is 74.4 Å². The van der Waals surface area contributed by atoms with Crippen LogP contribution in [-0.2, 0) is 31.8 Å². The number of thioether (sulfide) groups is 2. The number of aromatic nitrogens is 5. The van der Waals surface area contributed by atoms with E-state index in [1.54, 1.807) is 84.9 Å². The maximum Gasteiger partial charge on any atom is 0.417 e. The fourth-order valence-electron chi connectivity index (χ4n) is 14.0. The molecular formula is C97H82ClF5N12O8S2. The van der Waals surface area contributed by atoms with Gasteiger partial charge in [-0.25, -0.2) is 28.7 Å². The van der Waals surface area contributed by atoms with E-state index in [-0.39, 0.29) is 99.8 Å². The van der Waals surface area contributed by atoms with E-state index in [1.165, 1.54) is 42.2 Å². The minimum absolute atomic E-state index is 0.0589. The number of carbonyl (C=O) groups excluding carboxylic acids is 4. The number of piperidine rings is 3. The summed E-state index contributed by atoms with van der Waals surface area (Å²) in [5.74, 6) is -0.0274. The van der Waals surface area contributed by atoms with E-state index in [0.29, 0.717) is 66.3 Å². The summed E-state index contributed by atoms with van der Waals surface area (Å²) in [5, 5.41) is 49.6. The van der Waals surface area contributed by atoms with Crippen LogP contribution < -0.4 is 14.2 Å². The third kappa shape index (κ3) is 24.8. The van der Waals surface area contributed by atoms with Gasteiger partial charge in [-0.15, -0.1) is 0 Å². The summed E-state index contributed by atoms with van der Waals surface area (Å²) in [5.41, 5.74) is 8.94. The standard InChI is InChI=1S/C26H24FN3O2S.C25H22ClN3O2.C25H23N3O3.C21H13F4N3OS/c1-32-21-11-7-18(8-12-21)22-15-24(19-5-9-20(27)10-6-19)29-26(23(22)16-28)33-17-25(31)30-13-3-2-4-14-30;26-20-11-9-18(10-12-20)21-15-23(19-7-3-1-4-8-19)28-25(22(21)16-27)31-17-24(30)29-13-5-2-6-14-29;26-16-22-21(18-9-11-20(29)12-10-18)15-23(19-7-3-1-4-8-19)27-25(22)31-17-24(30)28-13-5-2-6-14-28;22-15-5-3-14(4-6-15)19-9-18(21(23,24)25)17(10-26)20(28-19)30-12-16(29)8-13-2-1-7-27-11-13/h5-12,15H,2-4,13-14,17H2,1H3;1,3-4,7-12,15H,2,5-6,13-14,17H2;1,3-4,7-12,15,29H,2,5-6,13-14,17H2;1-7,9,11H,8,12H2. The first kappa shape index (κ1) is 90.4. The lowest BCUT2D eigenvalue weighted by molar-refractivity contribution is -0.138. The summed E-state index contributed by atoms with van der Waals surface area (Å²) in [6.45, 7) is 4.25. The molecule has 1 N–H and O–H groups in total. The highest BCUT2D eigenvalue weighted by atomic mass is 35.5. The van der Waals surface area contributed by atoms with Crippen molar-refractivity contribution in [1.29, 1.82) is 21.0 Å². The van der Waals surface area contributed by atoms with E-state index in [9.17, 15) is 67.3 Å². The number of ketones is 1. The number of phenols is 1. The molecule has 632 valence electrons. The zero-order valence-electron chi connectivity index (χ0n) is 67.8. The van der Waals surface area contributed by atoms with Crippen LogP contribution >= 0.6 is 35.1 Å². The van der Waals surface area contributed by atoms with Crippen LogP contribution in [0.2, 0.25) is 5.02 Å². The summed E-state index contributed by atoms with van der Waals surface area (Å²) in [6.07, 6.45) is 7.88. The second-order valence-electron chi connectivity index (χ2n) is 29.0. The van der Waals surface area contributed by atoms with Gasteiger partial charge in [-0.05, 0) is 195 Å². The van der Waals surface area contributed by atoms with E-state index in [1.807, 2.05) is 125 Å². The Labute approximate surface area is 733 Å². The van der Waals surface area contributed by atoms with Crippen molar-refractivity contribution < 1.29 is 60.4 Å². The Bertz CT molecular complexity index is 5750. The number of aromatic hydroxyl groups is 1. The van der Waals surface area contributed by atoms with Crippen molar-refractivity contribution in [3.63, 3.8) is 0 Å². The van der Waals surface area contributed by atoms with Gasteiger partial charge in [0.2, 0.25) is 17.7 Å². The number of amides is 3. The molecule has 0 saturated carbocycles. The molecule has 28 heteroatoms. The maximum atomic E-state index is 13.5. The smallest absolute Gasteiger partial charge is 0.417 e. The summed E-state index contributed by atoms with van der Waals surface area (Å²) in [6, 6.07) is 69.4. The number of likely N-dealkylation sites (tertiary alicyclic amines) is 3. The first-order chi connectivity index (χ1) is 60.7. The second kappa shape index (κ2) is 44.3. The molecule has 12 aromatic rings. The lowest BCUT2D eigenvalue weighted by atomic mass is 9.98. The number of phenolic OH excluding ortho intramolecular Hbond substituents is 1. The Morgan fingerprint density at radius 1 is 0.448 bits per heavy atom.